The van der Waals surface area contributed by atoms with Crippen molar-refractivity contribution in [3.63, 3.8) is 0 Å². The Labute approximate surface area is 101 Å². The van der Waals surface area contributed by atoms with Crippen LogP contribution < -0.4 is 10.5 Å². The average Bonchev–Trinajstić information content (AvgIpc) is 2.74. The lowest BCUT2D eigenvalue weighted by atomic mass is 10.00. The molecule has 90 valence electrons. The standard InChI is InChI=1S/C14H17NO2/c1-9-4-5-12(16-3)11(8-9)13(15)14-10(2)6-7-17-14/h4-8,13H,15H2,1-3H3. The van der Waals surface area contributed by atoms with Gasteiger partial charge in [0.1, 0.15) is 11.5 Å². The van der Waals surface area contributed by atoms with Gasteiger partial charge in [0.25, 0.3) is 0 Å². The minimum atomic E-state index is -0.292. The van der Waals surface area contributed by atoms with Crippen molar-refractivity contribution in [2.45, 2.75) is 19.9 Å². The van der Waals surface area contributed by atoms with Crippen LogP contribution in [-0.2, 0) is 0 Å². The highest BCUT2D eigenvalue weighted by atomic mass is 16.5. The number of methoxy groups -OCH3 is 1. The first-order valence-corrected chi connectivity index (χ1v) is 5.57. The zero-order valence-electron chi connectivity index (χ0n) is 10.4. The SMILES string of the molecule is COc1ccc(C)cc1C(N)c1occc1C. The minimum absolute atomic E-state index is 0.292. The summed E-state index contributed by atoms with van der Waals surface area (Å²) in [6, 6.07) is 7.59. The highest BCUT2D eigenvalue weighted by molar-refractivity contribution is 5.42. The van der Waals surface area contributed by atoms with Crippen LogP contribution in [0.2, 0.25) is 0 Å². The van der Waals surface area contributed by atoms with Crippen LogP contribution in [0.3, 0.4) is 0 Å². The van der Waals surface area contributed by atoms with E-state index in [2.05, 4.69) is 0 Å². The van der Waals surface area contributed by atoms with Crippen molar-refractivity contribution in [2.24, 2.45) is 5.73 Å². The summed E-state index contributed by atoms with van der Waals surface area (Å²) in [6.45, 7) is 4.02. The fourth-order valence-electron chi connectivity index (χ4n) is 1.94. The van der Waals surface area contributed by atoms with Crippen molar-refractivity contribution >= 4 is 0 Å². The molecule has 1 aromatic carbocycles. The molecule has 0 saturated heterocycles. The lowest BCUT2D eigenvalue weighted by Gasteiger charge is -2.15. The maximum absolute atomic E-state index is 6.23. The molecule has 0 spiro atoms. The van der Waals surface area contributed by atoms with Crippen LogP contribution in [0, 0.1) is 13.8 Å². The Hall–Kier alpha value is -1.74. The van der Waals surface area contributed by atoms with Gasteiger partial charge in [-0.2, -0.15) is 0 Å². The first kappa shape index (κ1) is 11.7. The van der Waals surface area contributed by atoms with Crippen molar-refractivity contribution in [1.82, 2.24) is 0 Å². The van der Waals surface area contributed by atoms with Crippen molar-refractivity contribution < 1.29 is 9.15 Å². The monoisotopic (exact) mass is 231 g/mol. The molecule has 17 heavy (non-hydrogen) atoms. The van der Waals surface area contributed by atoms with E-state index in [0.717, 1.165) is 28.2 Å². The average molecular weight is 231 g/mol. The Morgan fingerprint density at radius 3 is 2.59 bits per heavy atom. The van der Waals surface area contributed by atoms with Gasteiger partial charge >= 0.3 is 0 Å². The first-order valence-electron chi connectivity index (χ1n) is 5.57. The smallest absolute Gasteiger partial charge is 0.128 e. The van der Waals surface area contributed by atoms with E-state index in [0.29, 0.717) is 0 Å². The predicted octanol–water partition coefficient (Wildman–Crippen LogP) is 2.95. The van der Waals surface area contributed by atoms with E-state index in [-0.39, 0.29) is 6.04 Å². The molecule has 0 radical (unpaired) electrons. The Morgan fingerprint density at radius 1 is 1.24 bits per heavy atom. The predicted molar refractivity (Wildman–Crippen MR) is 67.2 cm³/mol. The number of ether oxygens (including phenoxy) is 1. The maximum Gasteiger partial charge on any atom is 0.128 e. The van der Waals surface area contributed by atoms with Crippen molar-refractivity contribution in [3.8, 4) is 5.75 Å². The molecule has 0 amide bonds. The summed E-state index contributed by atoms with van der Waals surface area (Å²) >= 11 is 0. The molecule has 2 N–H and O–H groups in total. The van der Waals surface area contributed by atoms with Crippen LogP contribution >= 0.6 is 0 Å². The van der Waals surface area contributed by atoms with Crippen LogP contribution in [-0.4, -0.2) is 7.11 Å². The van der Waals surface area contributed by atoms with E-state index in [1.165, 1.54) is 0 Å². The third-order valence-electron chi connectivity index (χ3n) is 2.90. The normalized spacial score (nSPS) is 12.5. The summed E-state index contributed by atoms with van der Waals surface area (Å²) in [7, 11) is 1.65. The first-order chi connectivity index (χ1) is 8.13. The molecule has 1 unspecified atom stereocenters. The molecule has 1 atom stereocenters. The van der Waals surface area contributed by atoms with E-state index in [1.54, 1.807) is 13.4 Å². The van der Waals surface area contributed by atoms with Gasteiger partial charge in [0.2, 0.25) is 0 Å². The second kappa shape index (κ2) is 4.63. The highest BCUT2D eigenvalue weighted by Gasteiger charge is 2.18. The van der Waals surface area contributed by atoms with Gasteiger partial charge in [-0.1, -0.05) is 17.7 Å². The van der Waals surface area contributed by atoms with Gasteiger partial charge in [-0.25, -0.2) is 0 Å². The number of rotatable bonds is 3. The van der Waals surface area contributed by atoms with E-state index in [1.807, 2.05) is 38.1 Å². The Kier molecular flexibility index (Phi) is 3.20. The van der Waals surface area contributed by atoms with E-state index < -0.39 is 0 Å². The molecule has 0 bridgehead atoms. The zero-order valence-corrected chi connectivity index (χ0v) is 10.4. The largest absolute Gasteiger partial charge is 0.496 e. The summed E-state index contributed by atoms with van der Waals surface area (Å²) < 4.78 is 10.8. The fraction of sp³-hybridized carbons (Fsp3) is 0.286. The van der Waals surface area contributed by atoms with Crippen LogP contribution in [0.25, 0.3) is 0 Å². The van der Waals surface area contributed by atoms with Gasteiger partial charge in [0, 0.05) is 5.56 Å². The van der Waals surface area contributed by atoms with Crippen LogP contribution in [0.15, 0.2) is 34.9 Å². The molecular weight excluding hydrogens is 214 g/mol. The van der Waals surface area contributed by atoms with E-state index >= 15 is 0 Å². The van der Waals surface area contributed by atoms with E-state index in [4.69, 9.17) is 14.9 Å². The summed E-state index contributed by atoms with van der Waals surface area (Å²) in [6.07, 6.45) is 1.66. The second-order valence-corrected chi connectivity index (χ2v) is 4.19. The molecular formula is C14H17NO2. The molecule has 0 aliphatic carbocycles. The number of hydrogen-bond donors (Lipinski definition) is 1. The van der Waals surface area contributed by atoms with Gasteiger partial charge in [0.05, 0.1) is 19.4 Å². The number of benzene rings is 1. The zero-order chi connectivity index (χ0) is 12.4. The third-order valence-corrected chi connectivity index (χ3v) is 2.90. The van der Waals surface area contributed by atoms with Crippen molar-refractivity contribution in [1.29, 1.82) is 0 Å². The third kappa shape index (κ3) is 2.19. The number of furan rings is 1. The lowest BCUT2D eigenvalue weighted by molar-refractivity contribution is 0.402. The number of hydrogen-bond acceptors (Lipinski definition) is 3. The summed E-state index contributed by atoms with van der Waals surface area (Å²) in [4.78, 5) is 0. The number of aryl methyl sites for hydroxylation is 2. The van der Waals surface area contributed by atoms with Gasteiger partial charge in [-0.3, -0.25) is 0 Å². The maximum atomic E-state index is 6.23. The quantitative estimate of drug-likeness (QED) is 0.883. The summed E-state index contributed by atoms with van der Waals surface area (Å²) in [5.41, 5.74) is 9.39. The fourth-order valence-corrected chi connectivity index (χ4v) is 1.94. The van der Waals surface area contributed by atoms with Gasteiger partial charge in [-0.05, 0) is 31.5 Å². The molecule has 2 aromatic rings. The van der Waals surface area contributed by atoms with Crippen molar-refractivity contribution in [3.05, 3.63) is 53.0 Å². The lowest BCUT2D eigenvalue weighted by Crippen LogP contribution is -2.13. The van der Waals surface area contributed by atoms with Crippen LogP contribution in [0.4, 0.5) is 0 Å². The Morgan fingerprint density at radius 2 is 2.00 bits per heavy atom. The van der Waals surface area contributed by atoms with Gasteiger partial charge in [0.15, 0.2) is 0 Å². The van der Waals surface area contributed by atoms with Crippen LogP contribution in [0.5, 0.6) is 5.75 Å². The molecule has 3 nitrogen and oxygen atoms in total. The van der Waals surface area contributed by atoms with E-state index in [9.17, 15) is 0 Å². The summed E-state index contributed by atoms with van der Waals surface area (Å²) in [5.74, 6) is 1.58. The molecule has 3 heteroatoms. The molecule has 0 saturated carbocycles. The Balaban J connectivity index is 2.46. The highest BCUT2D eigenvalue weighted by Crippen LogP contribution is 2.30. The molecule has 2 rings (SSSR count). The molecule has 0 aliphatic rings. The van der Waals surface area contributed by atoms with Crippen molar-refractivity contribution in [2.75, 3.05) is 7.11 Å². The number of nitrogens with two attached hydrogens (primary N) is 1. The summed E-state index contributed by atoms with van der Waals surface area (Å²) in [5, 5.41) is 0. The van der Waals surface area contributed by atoms with Crippen LogP contribution in [0.1, 0.15) is 28.5 Å². The second-order valence-electron chi connectivity index (χ2n) is 4.19. The van der Waals surface area contributed by atoms with Gasteiger partial charge in [-0.15, -0.1) is 0 Å². The molecule has 1 aromatic heterocycles. The minimum Gasteiger partial charge on any atom is -0.496 e. The molecule has 1 heterocycles. The Bertz CT molecular complexity index is 517. The molecule has 0 aliphatic heterocycles. The van der Waals surface area contributed by atoms with Gasteiger partial charge < -0.3 is 14.9 Å². The topological polar surface area (TPSA) is 48.4 Å². The molecule has 0 fully saturated rings.